The first-order valence-electron chi connectivity index (χ1n) is 8.54. The Morgan fingerprint density at radius 2 is 2.16 bits per heavy atom. The van der Waals surface area contributed by atoms with Crippen molar-refractivity contribution in [3.63, 3.8) is 0 Å². The van der Waals surface area contributed by atoms with Crippen LogP contribution in [0.3, 0.4) is 0 Å². The van der Waals surface area contributed by atoms with E-state index in [0.717, 1.165) is 48.8 Å². The number of piperidine rings is 1. The Morgan fingerprint density at radius 1 is 1.36 bits per heavy atom. The number of pyridine rings is 2. The molecule has 0 radical (unpaired) electrons. The maximum atomic E-state index is 9.50. The van der Waals surface area contributed by atoms with Crippen molar-refractivity contribution in [3.05, 3.63) is 24.2 Å². The van der Waals surface area contributed by atoms with Gasteiger partial charge in [0.05, 0.1) is 29.0 Å². The van der Waals surface area contributed by atoms with E-state index >= 15 is 0 Å². The molecule has 1 saturated heterocycles. The van der Waals surface area contributed by atoms with Crippen molar-refractivity contribution in [1.29, 1.82) is 5.26 Å². The van der Waals surface area contributed by atoms with Gasteiger partial charge in [-0.1, -0.05) is 6.92 Å². The van der Waals surface area contributed by atoms with E-state index in [1.807, 2.05) is 6.07 Å². The summed E-state index contributed by atoms with van der Waals surface area (Å²) in [5.41, 5.74) is 8.29. The molecule has 4 rings (SSSR count). The largest absolute Gasteiger partial charge is 0.487 e. The summed E-state index contributed by atoms with van der Waals surface area (Å²) in [4.78, 5) is 14.2. The highest BCUT2D eigenvalue weighted by molar-refractivity contribution is 6.10. The zero-order valence-electron chi connectivity index (χ0n) is 14.1. The van der Waals surface area contributed by atoms with Gasteiger partial charge in [0, 0.05) is 18.5 Å². The second-order valence-electron chi connectivity index (χ2n) is 6.38. The van der Waals surface area contributed by atoms with Crippen LogP contribution in [0.25, 0.3) is 21.9 Å². The highest BCUT2D eigenvalue weighted by atomic mass is 16.5. The number of fused-ring (bicyclic) bond motifs is 3. The molecule has 4 heterocycles. The fraction of sp³-hybridized carbons (Fsp3) is 0.389. The van der Waals surface area contributed by atoms with Crippen molar-refractivity contribution in [3.8, 4) is 11.8 Å². The summed E-state index contributed by atoms with van der Waals surface area (Å²) in [5, 5.41) is 11.2. The zero-order chi connectivity index (χ0) is 17.4. The van der Waals surface area contributed by atoms with E-state index in [1.165, 1.54) is 0 Å². The van der Waals surface area contributed by atoms with Gasteiger partial charge in [0.25, 0.3) is 0 Å². The first-order valence-corrected chi connectivity index (χ1v) is 8.54. The molecule has 0 saturated carbocycles. The Balaban J connectivity index is 1.79. The van der Waals surface area contributed by atoms with Crippen molar-refractivity contribution in [2.24, 2.45) is 0 Å². The van der Waals surface area contributed by atoms with Crippen LogP contribution in [0.2, 0.25) is 0 Å². The Kier molecular flexibility index (Phi) is 3.90. The molecule has 0 amide bonds. The van der Waals surface area contributed by atoms with E-state index in [4.69, 9.17) is 10.5 Å². The topological polar surface area (TPSA) is 104 Å². The highest BCUT2D eigenvalue weighted by Gasteiger charge is 2.23. The van der Waals surface area contributed by atoms with E-state index in [9.17, 15) is 5.26 Å². The van der Waals surface area contributed by atoms with Crippen LogP contribution in [0.15, 0.2) is 18.5 Å². The number of nitrogens with two attached hydrogens (primary N) is 1. The minimum atomic E-state index is 0.0845. The van der Waals surface area contributed by atoms with Crippen LogP contribution in [-0.4, -0.2) is 45.6 Å². The fourth-order valence-corrected chi connectivity index (χ4v) is 3.46. The maximum Gasteiger partial charge on any atom is 0.183 e. The van der Waals surface area contributed by atoms with Crippen molar-refractivity contribution in [1.82, 2.24) is 19.9 Å². The Morgan fingerprint density at radius 3 is 2.88 bits per heavy atom. The summed E-state index contributed by atoms with van der Waals surface area (Å²) >= 11 is 0. The van der Waals surface area contributed by atoms with Crippen molar-refractivity contribution in [2.45, 2.75) is 25.9 Å². The number of nitrogen functional groups attached to an aromatic ring is 1. The van der Waals surface area contributed by atoms with Gasteiger partial charge in [0.2, 0.25) is 0 Å². The Labute approximate surface area is 145 Å². The van der Waals surface area contributed by atoms with Crippen LogP contribution >= 0.6 is 0 Å². The number of H-pyrrole nitrogens is 1. The van der Waals surface area contributed by atoms with Crippen molar-refractivity contribution in [2.75, 3.05) is 25.4 Å². The van der Waals surface area contributed by atoms with Crippen molar-refractivity contribution < 1.29 is 4.74 Å². The number of aromatic nitrogens is 3. The fourth-order valence-electron chi connectivity index (χ4n) is 3.46. The van der Waals surface area contributed by atoms with Crippen LogP contribution < -0.4 is 10.5 Å². The quantitative estimate of drug-likeness (QED) is 0.761. The molecule has 7 heteroatoms. The molecule has 3 N–H and O–H groups in total. The third-order valence-corrected chi connectivity index (χ3v) is 4.84. The average Bonchev–Trinajstić information content (AvgIpc) is 3.00. The van der Waals surface area contributed by atoms with E-state index in [2.05, 4.69) is 32.8 Å². The zero-order valence-corrected chi connectivity index (χ0v) is 14.1. The standard InChI is InChI=1S/C18H20N6O/c1-2-24-5-3-12(4-6-24)25-17-14(8-19)21-10-15-16(17)13-7-11(20)9-22-18(13)23-15/h7,9-10,12H,2-6,20H2,1H3,(H,22,23). The summed E-state index contributed by atoms with van der Waals surface area (Å²) in [6, 6.07) is 4.01. The molecule has 25 heavy (non-hydrogen) atoms. The number of nitrogens with zero attached hydrogens (tertiary/aromatic N) is 4. The van der Waals surface area contributed by atoms with Crippen LogP contribution in [0.4, 0.5) is 5.69 Å². The second-order valence-corrected chi connectivity index (χ2v) is 6.38. The number of anilines is 1. The SMILES string of the molecule is CCN1CCC(Oc2c(C#N)ncc3[nH]c4ncc(N)cc4c23)CC1. The minimum absolute atomic E-state index is 0.0845. The molecule has 0 aromatic carbocycles. The van der Waals surface area contributed by atoms with E-state index < -0.39 is 0 Å². The van der Waals surface area contributed by atoms with Crippen LogP contribution in [0.1, 0.15) is 25.5 Å². The molecule has 0 atom stereocenters. The van der Waals surface area contributed by atoms with E-state index in [1.54, 1.807) is 12.4 Å². The lowest BCUT2D eigenvalue weighted by Crippen LogP contribution is -2.38. The third-order valence-electron chi connectivity index (χ3n) is 4.84. The lowest BCUT2D eigenvalue weighted by molar-refractivity contribution is 0.104. The van der Waals surface area contributed by atoms with E-state index in [0.29, 0.717) is 22.8 Å². The molecule has 1 aliphatic heterocycles. The summed E-state index contributed by atoms with van der Waals surface area (Å²) < 4.78 is 6.29. The average molecular weight is 336 g/mol. The molecule has 7 nitrogen and oxygen atoms in total. The predicted octanol–water partition coefficient (Wildman–Crippen LogP) is 2.43. The van der Waals surface area contributed by atoms with Gasteiger partial charge in [-0.3, -0.25) is 0 Å². The molecule has 0 unspecified atom stereocenters. The highest BCUT2D eigenvalue weighted by Crippen LogP contribution is 2.36. The van der Waals surface area contributed by atoms with Gasteiger partial charge in [-0.15, -0.1) is 0 Å². The maximum absolute atomic E-state index is 9.50. The molecule has 128 valence electrons. The summed E-state index contributed by atoms with van der Waals surface area (Å²) in [7, 11) is 0. The van der Waals surface area contributed by atoms with E-state index in [-0.39, 0.29) is 6.10 Å². The predicted molar refractivity (Wildman–Crippen MR) is 96.3 cm³/mol. The number of rotatable bonds is 3. The number of likely N-dealkylation sites (tertiary alicyclic amines) is 1. The number of hydrogen-bond acceptors (Lipinski definition) is 6. The van der Waals surface area contributed by atoms with Gasteiger partial charge in [-0.05, 0) is 25.5 Å². The number of hydrogen-bond donors (Lipinski definition) is 2. The lowest BCUT2D eigenvalue weighted by atomic mass is 10.1. The first kappa shape index (κ1) is 15.7. The van der Waals surface area contributed by atoms with Gasteiger partial charge in [-0.2, -0.15) is 5.26 Å². The third kappa shape index (κ3) is 2.75. The number of nitrogens with one attached hydrogen (secondary N) is 1. The molecule has 1 aliphatic rings. The van der Waals surface area contributed by atoms with Gasteiger partial charge >= 0.3 is 0 Å². The van der Waals surface area contributed by atoms with Crippen LogP contribution in [0, 0.1) is 11.3 Å². The monoisotopic (exact) mass is 336 g/mol. The summed E-state index contributed by atoms with van der Waals surface area (Å²) in [5.74, 6) is 0.536. The lowest BCUT2D eigenvalue weighted by Gasteiger charge is -2.31. The van der Waals surface area contributed by atoms with Gasteiger partial charge < -0.3 is 20.4 Å². The first-order chi connectivity index (χ1) is 12.2. The Bertz CT molecular complexity index is 965. The summed E-state index contributed by atoms with van der Waals surface area (Å²) in [6.07, 6.45) is 5.23. The molecule has 0 bridgehead atoms. The molecule has 3 aromatic heterocycles. The van der Waals surface area contributed by atoms with Gasteiger partial charge in [-0.25, -0.2) is 9.97 Å². The number of ether oxygens (including phenoxy) is 1. The smallest absolute Gasteiger partial charge is 0.183 e. The molecular formula is C18H20N6O. The van der Waals surface area contributed by atoms with Crippen LogP contribution in [0.5, 0.6) is 5.75 Å². The minimum Gasteiger partial charge on any atom is -0.487 e. The molecular weight excluding hydrogens is 316 g/mol. The summed E-state index contributed by atoms with van der Waals surface area (Å²) in [6.45, 7) is 5.24. The molecule has 0 spiro atoms. The Hall–Kier alpha value is -2.85. The molecule has 1 fully saturated rings. The van der Waals surface area contributed by atoms with Gasteiger partial charge in [0.1, 0.15) is 17.8 Å². The number of aromatic amines is 1. The van der Waals surface area contributed by atoms with Crippen molar-refractivity contribution >= 4 is 27.6 Å². The number of nitriles is 1. The van der Waals surface area contributed by atoms with Crippen LogP contribution in [-0.2, 0) is 0 Å². The molecule has 0 aliphatic carbocycles. The van der Waals surface area contributed by atoms with Gasteiger partial charge in [0.15, 0.2) is 11.4 Å². The molecule has 3 aromatic rings. The normalized spacial score (nSPS) is 16.3. The second kappa shape index (κ2) is 6.22.